The van der Waals surface area contributed by atoms with Gasteiger partial charge in [-0.05, 0) is 42.3 Å². The van der Waals surface area contributed by atoms with E-state index in [1.165, 1.54) is 12.1 Å². The summed E-state index contributed by atoms with van der Waals surface area (Å²) in [5, 5.41) is 3.71. The lowest BCUT2D eigenvalue weighted by molar-refractivity contribution is 0.588. The molecule has 0 amide bonds. The highest BCUT2D eigenvalue weighted by atomic mass is 19.1. The van der Waals surface area contributed by atoms with Crippen molar-refractivity contribution in [2.45, 2.75) is 20.0 Å². The highest BCUT2D eigenvalue weighted by Crippen LogP contribution is 2.32. The van der Waals surface area contributed by atoms with E-state index in [2.05, 4.69) is 15.3 Å². The molecule has 0 spiro atoms. The summed E-state index contributed by atoms with van der Waals surface area (Å²) in [6, 6.07) is 26.2. The maximum absolute atomic E-state index is 15.3. The zero-order chi connectivity index (χ0) is 23.5. The van der Waals surface area contributed by atoms with Crippen molar-refractivity contribution >= 4 is 28.1 Å². The summed E-state index contributed by atoms with van der Waals surface area (Å²) in [6.45, 7) is 2.96. The number of benzene rings is 3. The Morgan fingerprint density at radius 3 is 2.00 bits per heavy atom. The van der Waals surface area contributed by atoms with E-state index < -0.39 is 11.6 Å². The lowest BCUT2D eigenvalue weighted by atomic mass is 10.1. The van der Waals surface area contributed by atoms with Crippen LogP contribution in [0.15, 0.2) is 91.1 Å². The third-order valence-electron chi connectivity index (χ3n) is 5.75. The first-order valence-corrected chi connectivity index (χ1v) is 11.1. The predicted octanol–water partition coefficient (Wildman–Crippen LogP) is 7.10. The number of H-pyrrole nitrogens is 1. The van der Waals surface area contributed by atoms with Gasteiger partial charge in [0.1, 0.15) is 11.3 Å². The molecule has 0 aliphatic heterocycles. The molecule has 2 N–H and O–H groups in total. The minimum Gasteiger partial charge on any atom is -0.363 e. The van der Waals surface area contributed by atoms with E-state index in [-0.39, 0.29) is 5.69 Å². The highest BCUT2D eigenvalue weighted by molar-refractivity contribution is 5.92. The summed E-state index contributed by atoms with van der Waals surface area (Å²) in [4.78, 5) is 9.39. The molecule has 0 fully saturated rings. The highest BCUT2D eigenvalue weighted by Gasteiger charge is 2.17. The van der Waals surface area contributed by atoms with Gasteiger partial charge in [0, 0.05) is 36.1 Å². The number of nitrogens with one attached hydrogen (secondary N) is 2. The minimum absolute atomic E-state index is 0.186. The molecule has 34 heavy (non-hydrogen) atoms. The number of aryl methyl sites for hydroxylation is 1. The summed E-state index contributed by atoms with van der Waals surface area (Å²) < 4.78 is 30.6. The monoisotopic (exact) mass is 454 g/mol. The molecule has 2 aromatic heterocycles. The van der Waals surface area contributed by atoms with Gasteiger partial charge in [0.25, 0.3) is 0 Å². The molecule has 170 valence electrons. The number of nitrogens with zero attached hydrogens (tertiary/aromatic N) is 2. The topological polar surface area (TPSA) is 44.0 Å². The lowest BCUT2D eigenvalue weighted by Gasteiger charge is -2.26. The standard InChI is InChI=1S/C28H24F2N4/c1-19-14-23-26(12-13-31-28(23)32-19)33-27-24(29)15-22(16-25(27)30)34(17-20-8-4-2-5-9-20)18-21-10-6-3-7-11-21/h2-16H,17-18H2,1H3,(H2,31,32,33). The number of aromatic nitrogens is 2. The summed E-state index contributed by atoms with van der Waals surface area (Å²) in [7, 11) is 0. The molecule has 0 aliphatic rings. The van der Waals surface area contributed by atoms with Crippen LogP contribution in [0.4, 0.5) is 25.8 Å². The van der Waals surface area contributed by atoms with Crippen LogP contribution in [0.2, 0.25) is 0 Å². The Bertz CT molecular complexity index is 1350. The van der Waals surface area contributed by atoms with Gasteiger partial charge in [0.2, 0.25) is 0 Å². The van der Waals surface area contributed by atoms with Gasteiger partial charge in [-0.25, -0.2) is 13.8 Å². The normalized spacial score (nSPS) is 11.0. The fraction of sp³-hybridized carbons (Fsp3) is 0.107. The van der Waals surface area contributed by atoms with Crippen molar-refractivity contribution in [3.05, 3.63) is 120 Å². The molecule has 6 heteroatoms. The fourth-order valence-electron chi connectivity index (χ4n) is 4.11. The Morgan fingerprint density at radius 1 is 0.824 bits per heavy atom. The van der Waals surface area contributed by atoms with E-state index in [1.807, 2.05) is 78.6 Å². The van der Waals surface area contributed by atoms with Gasteiger partial charge < -0.3 is 15.2 Å². The number of aromatic amines is 1. The minimum atomic E-state index is -0.654. The van der Waals surface area contributed by atoms with Crippen LogP contribution in [-0.2, 0) is 13.1 Å². The van der Waals surface area contributed by atoms with Crippen LogP contribution in [0.1, 0.15) is 16.8 Å². The van der Waals surface area contributed by atoms with Gasteiger partial charge in [-0.2, -0.15) is 0 Å². The zero-order valence-electron chi connectivity index (χ0n) is 18.7. The van der Waals surface area contributed by atoms with Crippen molar-refractivity contribution in [3.8, 4) is 0 Å². The molecular weight excluding hydrogens is 430 g/mol. The van der Waals surface area contributed by atoms with Crippen molar-refractivity contribution in [2.24, 2.45) is 0 Å². The van der Waals surface area contributed by atoms with Gasteiger partial charge in [0.05, 0.1) is 5.69 Å². The van der Waals surface area contributed by atoms with Crippen molar-refractivity contribution in [1.82, 2.24) is 9.97 Å². The van der Waals surface area contributed by atoms with E-state index in [0.29, 0.717) is 30.1 Å². The molecule has 0 aliphatic carbocycles. The van der Waals surface area contributed by atoms with Crippen LogP contribution in [-0.4, -0.2) is 9.97 Å². The second kappa shape index (κ2) is 9.35. The van der Waals surface area contributed by atoms with Crippen LogP contribution in [0, 0.1) is 18.6 Å². The maximum atomic E-state index is 15.3. The number of rotatable bonds is 7. The number of halogens is 2. The first-order valence-electron chi connectivity index (χ1n) is 11.1. The molecule has 2 heterocycles. The Hall–Kier alpha value is -4.19. The first-order chi connectivity index (χ1) is 16.6. The van der Waals surface area contributed by atoms with E-state index in [9.17, 15) is 0 Å². The van der Waals surface area contributed by atoms with Gasteiger partial charge in [-0.15, -0.1) is 0 Å². The van der Waals surface area contributed by atoms with Crippen molar-refractivity contribution in [2.75, 3.05) is 10.2 Å². The van der Waals surface area contributed by atoms with Gasteiger partial charge in [-0.3, -0.25) is 0 Å². The Morgan fingerprint density at radius 2 is 1.41 bits per heavy atom. The number of anilines is 3. The summed E-state index contributed by atoms with van der Waals surface area (Å²) >= 11 is 0. The number of hydrogen-bond donors (Lipinski definition) is 2. The van der Waals surface area contributed by atoms with Crippen LogP contribution in [0.5, 0.6) is 0 Å². The second-order valence-corrected chi connectivity index (χ2v) is 8.31. The average molecular weight is 455 g/mol. The molecule has 0 bridgehead atoms. The van der Waals surface area contributed by atoms with Crippen LogP contribution >= 0.6 is 0 Å². The Labute approximate surface area is 196 Å². The van der Waals surface area contributed by atoms with E-state index in [4.69, 9.17) is 0 Å². The molecule has 5 aromatic rings. The summed E-state index contributed by atoms with van der Waals surface area (Å²) in [6.07, 6.45) is 1.60. The average Bonchev–Trinajstić information content (AvgIpc) is 3.23. The molecule has 5 rings (SSSR count). The second-order valence-electron chi connectivity index (χ2n) is 8.31. The van der Waals surface area contributed by atoms with Crippen molar-refractivity contribution in [1.29, 1.82) is 0 Å². The molecule has 0 unspecified atom stereocenters. The van der Waals surface area contributed by atoms with Crippen molar-refractivity contribution in [3.63, 3.8) is 0 Å². The number of pyridine rings is 1. The number of hydrogen-bond acceptors (Lipinski definition) is 3. The first kappa shape index (κ1) is 21.6. The molecule has 0 saturated carbocycles. The van der Waals surface area contributed by atoms with Gasteiger partial charge in [-0.1, -0.05) is 60.7 Å². The molecule has 3 aromatic carbocycles. The third kappa shape index (κ3) is 4.62. The molecular formula is C28H24F2N4. The Kier molecular flexibility index (Phi) is 5.95. The van der Waals surface area contributed by atoms with E-state index in [0.717, 1.165) is 22.2 Å². The van der Waals surface area contributed by atoms with Crippen LogP contribution in [0.25, 0.3) is 11.0 Å². The van der Waals surface area contributed by atoms with Gasteiger partial charge >= 0.3 is 0 Å². The van der Waals surface area contributed by atoms with Crippen molar-refractivity contribution < 1.29 is 8.78 Å². The molecule has 0 saturated heterocycles. The third-order valence-corrected chi connectivity index (χ3v) is 5.75. The fourth-order valence-corrected chi connectivity index (χ4v) is 4.11. The smallest absolute Gasteiger partial charge is 0.151 e. The Balaban J connectivity index is 1.48. The quantitative estimate of drug-likeness (QED) is 0.276. The maximum Gasteiger partial charge on any atom is 0.151 e. The molecule has 4 nitrogen and oxygen atoms in total. The van der Waals surface area contributed by atoms with E-state index in [1.54, 1.807) is 12.3 Å². The lowest BCUT2D eigenvalue weighted by Crippen LogP contribution is -2.22. The molecule has 0 radical (unpaired) electrons. The zero-order valence-corrected chi connectivity index (χ0v) is 18.7. The van der Waals surface area contributed by atoms with Crippen LogP contribution < -0.4 is 10.2 Å². The SMILES string of the molecule is Cc1cc2c(Nc3c(F)cc(N(Cc4ccccc4)Cc4ccccc4)cc3F)ccnc2[nH]1. The van der Waals surface area contributed by atoms with Gasteiger partial charge in [0.15, 0.2) is 11.6 Å². The predicted molar refractivity (Wildman–Crippen MR) is 133 cm³/mol. The van der Waals surface area contributed by atoms with E-state index >= 15 is 8.78 Å². The summed E-state index contributed by atoms with van der Waals surface area (Å²) in [5.41, 5.74) is 4.58. The molecule has 0 atom stereocenters. The van der Waals surface area contributed by atoms with Crippen LogP contribution in [0.3, 0.4) is 0 Å². The number of fused-ring (bicyclic) bond motifs is 1. The largest absolute Gasteiger partial charge is 0.363 e. The summed E-state index contributed by atoms with van der Waals surface area (Å²) in [5.74, 6) is -1.31.